The molecule has 0 spiro atoms. The van der Waals surface area contributed by atoms with Gasteiger partial charge in [0.15, 0.2) is 5.69 Å². The van der Waals surface area contributed by atoms with Gasteiger partial charge in [-0.15, -0.1) is 5.10 Å². The molecule has 1 aliphatic rings. The lowest BCUT2D eigenvalue weighted by atomic mass is 10.0. The molecule has 1 aromatic carbocycles. The molecule has 2 aromatic rings. The number of nitrogens with zero attached hydrogens (tertiary/aromatic N) is 3. The molecule has 1 N–H and O–H groups in total. The SMILES string of the molecule is COC(=O)c1cccc(NC2CCN(C(=O)c3csnn3)CC2)c1. The van der Waals surface area contributed by atoms with E-state index >= 15 is 0 Å². The predicted octanol–water partition coefficient (Wildman–Crippen LogP) is 2.04. The first-order valence-corrected chi connectivity index (χ1v) is 8.52. The quantitative estimate of drug-likeness (QED) is 0.853. The van der Waals surface area contributed by atoms with Gasteiger partial charge in [-0.3, -0.25) is 4.79 Å². The van der Waals surface area contributed by atoms with E-state index in [9.17, 15) is 9.59 Å². The van der Waals surface area contributed by atoms with Crippen molar-refractivity contribution in [3.63, 3.8) is 0 Å². The Labute approximate surface area is 143 Å². The Morgan fingerprint density at radius 2 is 2.12 bits per heavy atom. The van der Waals surface area contributed by atoms with Crippen molar-refractivity contribution in [1.82, 2.24) is 14.5 Å². The summed E-state index contributed by atoms with van der Waals surface area (Å²) in [5.41, 5.74) is 1.81. The van der Waals surface area contributed by atoms with E-state index in [1.807, 2.05) is 12.1 Å². The van der Waals surface area contributed by atoms with Gasteiger partial charge in [-0.2, -0.15) is 0 Å². The topological polar surface area (TPSA) is 84.4 Å². The van der Waals surface area contributed by atoms with Crippen molar-refractivity contribution in [2.45, 2.75) is 18.9 Å². The molecule has 2 heterocycles. The Balaban J connectivity index is 1.56. The molecule has 8 heteroatoms. The zero-order valence-electron chi connectivity index (χ0n) is 13.3. The molecular weight excluding hydrogens is 328 g/mol. The molecule has 0 unspecified atom stereocenters. The Morgan fingerprint density at radius 3 is 2.79 bits per heavy atom. The van der Waals surface area contributed by atoms with Crippen molar-refractivity contribution >= 4 is 29.1 Å². The van der Waals surface area contributed by atoms with Crippen molar-refractivity contribution < 1.29 is 14.3 Å². The highest BCUT2D eigenvalue weighted by Crippen LogP contribution is 2.19. The van der Waals surface area contributed by atoms with Gasteiger partial charge < -0.3 is 15.0 Å². The molecule has 24 heavy (non-hydrogen) atoms. The number of hydrogen-bond donors (Lipinski definition) is 1. The number of nitrogens with one attached hydrogen (secondary N) is 1. The van der Waals surface area contributed by atoms with Crippen LogP contribution in [0.15, 0.2) is 29.6 Å². The van der Waals surface area contributed by atoms with Crippen molar-refractivity contribution in [3.8, 4) is 0 Å². The van der Waals surface area contributed by atoms with E-state index in [0.29, 0.717) is 24.3 Å². The fourth-order valence-electron chi connectivity index (χ4n) is 2.74. The summed E-state index contributed by atoms with van der Waals surface area (Å²) in [7, 11) is 1.37. The van der Waals surface area contributed by atoms with Gasteiger partial charge in [0.2, 0.25) is 0 Å². The molecule has 0 radical (unpaired) electrons. The van der Waals surface area contributed by atoms with Gasteiger partial charge >= 0.3 is 5.97 Å². The van der Waals surface area contributed by atoms with Gasteiger partial charge in [0.25, 0.3) is 5.91 Å². The molecule has 1 amide bonds. The number of aromatic nitrogens is 2. The number of carbonyl (C=O) groups is 2. The largest absolute Gasteiger partial charge is 0.465 e. The van der Waals surface area contributed by atoms with Crippen LogP contribution in [0.2, 0.25) is 0 Å². The summed E-state index contributed by atoms with van der Waals surface area (Å²) in [6.07, 6.45) is 1.68. The number of methoxy groups -OCH3 is 1. The Kier molecular flexibility index (Phi) is 5.05. The summed E-state index contributed by atoms with van der Waals surface area (Å²) in [6.45, 7) is 1.34. The lowest BCUT2D eigenvalue weighted by molar-refractivity contribution is 0.0600. The minimum atomic E-state index is -0.351. The highest BCUT2D eigenvalue weighted by Gasteiger charge is 2.25. The lowest BCUT2D eigenvalue weighted by Gasteiger charge is -2.32. The maximum absolute atomic E-state index is 12.2. The maximum atomic E-state index is 12.2. The van der Waals surface area contributed by atoms with Gasteiger partial charge in [-0.1, -0.05) is 10.6 Å². The van der Waals surface area contributed by atoms with Crippen LogP contribution in [-0.4, -0.2) is 52.6 Å². The van der Waals surface area contributed by atoms with Crippen LogP contribution in [0.5, 0.6) is 0 Å². The Morgan fingerprint density at radius 1 is 1.33 bits per heavy atom. The first kappa shape index (κ1) is 16.4. The van der Waals surface area contributed by atoms with Crippen LogP contribution in [0.1, 0.15) is 33.7 Å². The van der Waals surface area contributed by atoms with Crippen molar-refractivity contribution in [3.05, 3.63) is 40.9 Å². The third kappa shape index (κ3) is 3.70. The highest BCUT2D eigenvalue weighted by atomic mass is 32.1. The van der Waals surface area contributed by atoms with Crippen LogP contribution in [0.4, 0.5) is 5.69 Å². The van der Waals surface area contributed by atoms with Gasteiger partial charge in [0.1, 0.15) is 0 Å². The fraction of sp³-hybridized carbons (Fsp3) is 0.375. The number of ether oxygens (including phenoxy) is 1. The van der Waals surface area contributed by atoms with Crippen molar-refractivity contribution in [2.75, 3.05) is 25.5 Å². The molecule has 0 atom stereocenters. The van der Waals surface area contributed by atoms with Gasteiger partial charge in [-0.25, -0.2) is 4.79 Å². The van der Waals surface area contributed by atoms with Gasteiger partial charge in [0.05, 0.1) is 12.7 Å². The molecule has 126 valence electrons. The number of anilines is 1. The number of amides is 1. The second kappa shape index (κ2) is 7.39. The summed E-state index contributed by atoms with van der Waals surface area (Å²) in [6, 6.07) is 7.51. The lowest BCUT2D eigenvalue weighted by Crippen LogP contribution is -2.42. The Hall–Kier alpha value is -2.48. The molecule has 7 nitrogen and oxygen atoms in total. The van der Waals surface area contributed by atoms with Crippen molar-refractivity contribution in [1.29, 1.82) is 0 Å². The van der Waals surface area contributed by atoms with E-state index in [0.717, 1.165) is 18.5 Å². The van der Waals surface area contributed by atoms with E-state index < -0.39 is 0 Å². The van der Waals surface area contributed by atoms with Crippen molar-refractivity contribution in [2.24, 2.45) is 0 Å². The second-order valence-corrected chi connectivity index (χ2v) is 6.18. The standard InChI is InChI=1S/C16H18N4O3S/c1-23-16(22)11-3-2-4-13(9-11)17-12-5-7-20(8-6-12)15(21)14-10-24-19-18-14/h2-4,9-10,12,17H,5-8H2,1H3. The van der Waals surface area contributed by atoms with E-state index in [-0.39, 0.29) is 17.9 Å². The molecule has 1 aromatic heterocycles. The minimum absolute atomic E-state index is 0.0603. The van der Waals surface area contributed by atoms with Crippen LogP contribution in [0, 0.1) is 0 Å². The second-order valence-electron chi connectivity index (χ2n) is 5.57. The van der Waals surface area contributed by atoms with Crippen LogP contribution in [0.25, 0.3) is 0 Å². The first-order chi connectivity index (χ1) is 11.7. The first-order valence-electron chi connectivity index (χ1n) is 7.68. The smallest absolute Gasteiger partial charge is 0.337 e. The molecule has 1 fully saturated rings. The number of piperidine rings is 1. The van der Waals surface area contributed by atoms with E-state index in [2.05, 4.69) is 14.9 Å². The predicted molar refractivity (Wildman–Crippen MR) is 90.2 cm³/mol. The molecule has 1 saturated heterocycles. The zero-order valence-corrected chi connectivity index (χ0v) is 14.1. The highest BCUT2D eigenvalue weighted by molar-refractivity contribution is 7.03. The van der Waals surface area contributed by atoms with Gasteiger partial charge in [-0.05, 0) is 42.6 Å². The molecular formula is C16H18N4O3S. The van der Waals surface area contributed by atoms with Crippen LogP contribution in [0.3, 0.4) is 0 Å². The number of benzene rings is 1. The molecule has 3 rings (SSSR count). The number of hydrogen-bond acceptors (Lipinski definition) is 7. The molecule has 0 saturated carbocycles. The number of carbonyl (C=O) groups excluding carboxylic acids is 2. The summed E-state index contributed by atoms with van der Waals surface area (Å²) >= 11 is 1.18. The average Bonchev–Trinajstić information content (AvgIpc) is 3.16. The third-order valence-electron chi connectivity index (χ3n) is 4.02. The van der Waals surface area contributed by atoms with E-state index in [1.165, 1.54) is 18.6 Å². The number of likely N-dealkylation sites (tertiary alicyclic amines) is 1. The van der Waals surface area contributed by atoms with Crippen LogP contribution >= 0.6 is 11.5 Å². The number of esters is 1. The minimum Gasteiger partial charge on any atom is -0.465 e. The molecule has 0 aliphatic carbocycles. The van der Waals surface area contributed by atoms with E-state index in [1.54, 1.807) is 22.4 Å². The van der Waals surface area contributed by atoms with E-state index in [4.69, 9.17) is 4.74 Å². The molecule has 0 bridgehead atoms. The summed E-state index contributed by atoms with van der Waals surface area (Å²) < 4.78 is 8.47. The normalized spacial score (nSPS) is 15.1. The fourth-order valence-corrected chi connectivity index (χ4v) is 3.17. The van der Waals surface area contributed by atoms with Crippen LogP contribution < -0.4 is 5.32 Å². The third-order valence-corrected chi connectivity index (χ3v) is 4.52. The van der Waals surface area contributed by atoms with Gasteiger partial charge in [0, 0.05) is 30.2 Å². The average molecular weight is 346 g/mol. The summed E-state index contributed by atoms with van der Waals surface area (Å²) in [5.74, 6) is -0.411. The zero-order chi connectivity index (χ0) is 16.9. The Bertz CT molecular complexity index is 712. The summed E-state index contributed by atoms with van der Waals surface area (Å²) in [4.78, 5) is 25.6. The molecule has 1 aliphatic heterocycles. The maximum Gasteiger partial charge on any atom is 0.337 e. The van der Waals surface area contributed by atoms with Crippen LogP contribution in [-0.2, 0) is 4.74 Å². The monoisotopic (exact) mass is 346 g/mol. The summed E-state index contributed by atoms with van der Waals surface area (Å²) in [5, 5.41) is 8.92. The number of rotatable bonds is 4.